The number of hydrogen-bond acceptors (Lipinski definition) is 2. The summed E-state index contributed by atoms with van der Waals surface area (Å²) in [6.07, 6.45) is 5.06. The van der Waals surface area contributed by atoms with Crippen LogP contribution in [0.15, 0.2) is 78.9 Å². The van der Waals surface area contributed by atoms with Crippen LogP contribution in [0.1, 0.15) is 80.9 Å². The quantitative estimate of drug-likeness (QED) is 0.133. The van der Waals surface area contributed by atoms with E-state index in [0.717, 1.165) is 43.4 Å². The predicted molar refractivity (Wildman–Crippen MR) is 162 cm³/mol. The number of nitriles is 1. The number of halogens is 5. The Morgan fingerprint density at radius 2 is 1.43 bits per heavy atom. The van der Waals surface area contributed by atoms with Crippen LogP contribution in [0.5, 0.6) is 5.75 Å². The van der Waals surface area contributed by atoms with Crippen LogP contribution < -0.4 is 4.74 Å². The van der Waals surface area contributed by atoms with Crippen molar-refractivity contribution in [2.75, 3.05) is 0 Å². The Labute approximate surface area is 255 Å². The second kappa shape index (κ2) is 13.6. The Morgan fingerprint density at radius 1 is 0.750 bits per heavy atom. The Balaban J connectivity index is 1.23. The van der Waals surface area contributed by atoms with Crippen molar-refractivity contribution in [2.24, 2.45) is 5.92 Å². The number of ether oxygens (including phenoxy) is 1. The average molecular weight is 604 g/mol. The summed E-state index contributed by atoms with van der Waals surface area (Å²) in [4.78, 5) is 0. The van der Waals surface area contributed by atoms with Crippen LogP contribution in [0, 0.1) is 34.7 Å². The Hall–Kier alpha value is -4.18. The van der Waals surface area contributed by atoms with E-state index in [4.69, 9.17) is 10.00 Å². The minimum atomic E-state index is -3.90. The van der Waals surface area contributed by atoms with Gasteiger partial charge in [0.15, 0.2) is 0 Å². The monoisotopic (exact) mass is 603 g/mol. The first-order chi connectivity index (χ1) is 21.2. The molecule has 0 saturated heterocycles. The number of hydrogen-bond donors (Lipinski definition) is 0. The predicted octanol–water partition coefficient (Wildman–Crippen LogP) is 11.3. The Bertz CT molecular complexity index is 1640. The molecule has 1 aliphatic rings. The van der Waals surface area contributed by atoms with Gasteiger partial charge >= 0.3 is 6.11 Å². The molecule has 0 heterocycles. The number of benzene rings is 4. The molecule has 0 aliphatic heterocycles. The number of rotatable bonds is 10. The molecule has 0 spiro atoms. The lowest BCUT2D eigenvalue weighted by Gasteiger charge is -2.29. The molecule has 7 heteroatoms. The minimum Gasteiger partial charge on any atom is -0.429 e. The number of unbranched alkanes of at least 4 members (excludes halogenated alkanes) is 2. The molecule has 4 aromatic carbocycles. The highest BCUT2D eigenvalue weighted by Gasteiger charge is 2.38. The average Bonchev–Trinajstić information content (AvgIpc) is 3.01. The van der Waals surface area contributed by atoms with E-state index >= 15 is 8.78 Å². The number of nitrogens with zero attached hydrogens (tertiary/aromatic N) is 1. The van der Waals surface area contributed by atoms with Crippen LogP contribution >= 0.6 is 0 Å². The van der Waals surface area contributed by atoms with Gasteiger partial charge in [0.25, 0.3) is 0 Å². The van der Waals surface area contributed by atoms with Gasteiger partial charge in [-0.3, -0.25) is 0 Å². The van der Waals surface area contributed by atoms with E-state index in [-0.39, 0.29) is 28.4 Å². The second-order valence-electron chi connectivity index (χ2n) is 11.6. The summed E-state index contributed by atoms with van der Waals surface area (Å²) in [7, 11) is 0. The molecule has 44 heavy (non-hydrogen) atoms. The highest BCUT2D eigenvalue weighted by molar-refractivity contribution is 5.71. The van der Waals surface area contributed by atoms with Gasteiger partial charge in [-0.15, -0.1) is 0 Å². The van der Waals surface area contributed by atoms with Crippen molar-refractivity contribution >= 4 is 0 Å². The maximum atomic E-state index is 15.1. The molecule has 4 aromatic rings. The zero-order valence-corrected chi connectivity index (χ0v) is 24.6. The van der Waals surface area contributed by atoms with Crippen LogP contribution in [0.3, 0.4) is 0 Å². The third kappa shape index (κ3) is 7.13. The SMILES string of the molecule is CCCCCC1CCC(c2ccc(C(F)(F)Oc3ccc(-c4ccc(-c5ccc(C#N)c(F)c5)c(F)c4)cc3)c(F)c2)CC1. The van der Waals surface area contributed by atoms with E-state index < -0.39 is 29.1 Å². The fourth-order valence-corrected chi connectivity index (χ4v) is 6.11. The zero-order chi connectivity index (χ0) is 31.3. The molecular formula is C37H34F5NO. The molecule has 0 N–H and O–H groups in total. The van der Waals surface area contributed by atoms with E-state index in [0.29, 0.717) is 17.0 Å². The molecule has 228 valence electrons. The molecule has 2 nitrogen and oxygen atoms in total. The zero-order valence-electron chi connectivity index (χ0n) is 24.6. The van der Waals surface area contributed by atoms with Crippen molar-refractivity contribution in [1.82, 2.24) is 0 Å². The molecule has 1 saturated carbocycles. The molecule has 1 fully saturated rings. The van der Waals surface area contributed by atoms with E-state index in [1.165, 1.54) is 80.3 Å². The number of alkyl halides is 2. The van der Waals surface area contributed by atoms with Crippen LogP contribution in [0.25, 0.3) is 22.3 Å². The van der Waals surface area contributed by atoms with Crippen molar-refractivity contribution in [3.63, 3.8) is 0 Å². The van der Waals surface area contributed by atoms with Crippen molar-refractivity contribution < 1.29 is 26.7 Å². The summed E-state index contributed by atoms with van der Waals surface area (Å²) in [5.41, 5.74) is 1.23. The van der Waals surface area contributed by atoms with Gasteiger partial charge in [-0.1, -0.05) is 69.0 Å². The minimum absolute atomic E-state index is 0.135. The fourth-order valence-electron chi connectivity index (χ4n) is 6.11. The summed E-state index contributed by atoms with van der Waals surface area (Å²) in [6.45, 7) is 2.19. The fraction of sp³-hybridized carbons (Fsp3) is 0.324. The van der Waals surface area contributed by atoms with Gasteiger partial charge in [-0.25, -0.2) is 13.2 Å². The molecule has 0 bridgehead atoms. The smallest absolute Gasteiger partial charge is 0.429 e. The summed E-state index contributed by atoms with van der Waals surface area (Å²) in [5, 5.41) is 8.90. The maximum absolute atomic E-state index is 15.1. The molecule has 1 aliphatic carbocycles. The van der Waals surface area contributed by atoms with Gasteiger partial charge in [0.2, 0.25) is 0 Å². The first-order valence-electron chi connectivity index (χ1n) is 15.1. The van der Waals surface area contributed by atoms with Crippen molar-refractivity contribution in [1.29, 1.82) is 5.26 Å². The van der Waals surface area contributed by atoms with Gasteiger partial charge in [0, 0.05) is 5.56 Å². The first-order valence-corrected chi connectivity index (χ1v) is 15.1. The van der Waals surface area contributed by atoms with Gasteiger partial charge in [0.05, 0.1) is 11.1 Å². The second-order valence-corrected chi connectivity index (χ2v) is 11.6. The van der Waals surface area contributed by atoms with E-state index in [1.807, 2.05) is 0 Å². The van der Waals surface area contributed by atoms with Gasteiger partial charge in [-0.05, 0) is 102 Å². The van der Waals surface area contributed by atoms with Gasteiger partial charge in [-0.2, -0.15) is 14.0 Å². The Kier molecular flexibility index (Phi) is 9.68. The molecule has 0 amide bonds. The molecule has 0 atom stereocenters. The molecular weight excluding hydrogens is 569 g/mol. The van der Waals surface area contributed by atoms with Crippen molar-refractivity contribution in [3.05, 3.63) is 113 Å². The van der Waals surface area contributed by atoms with Gasteiger partial charge in [0.1, 0.15) is 29.3 Å². The molecule has 0 radical (unpaired) electrons. The summed E-state index contributed by atoms with van der Waals surface area (Å²) in [5.74, 6) is -1.65. The Morgan fingerprint density at radius 3 is 2.07 bits per heavy atom. The maximum Gasteiger partial charge on any atom is 0.429 e. The lowest BCUT2D eigenvalue weighted by atomic mass is 9.77. The summed E-state index contributed by atoms with van der Waals surface area (Å²) in [6, 6.07) is 19.5. The molecule has 0 unspecified atom stereocenters. The topological polar surface area (TPSA) is 33.0 Å². The van der Waals surface area contributed by atoms with E-state index in [1.54, 1.807) is 18.2 Å². The third-order valence-electron chi connectivity index (χ3n) is 8.64. The first kappa shape index (κ1) is 31.3. The van der Waals surface area contributed by atoms with Crippen LogP contribution in [-0.2, 0) is 6.11 Å². The van der Waals surface area contributed by atoms with E-state index in [2.05, 4.69) is 6.92 Å². The van der Waals surface area contributed by atoms with E-state index in [9.17, 15) is 13.2 Å². The van der Waals surface area contributed by atoms with Crippen LogP contribution in [0.2, 0.25) is 0 Å². The van der Waals surface area contributed by atoms with Gasteiger partial charge < -0.3 is 4.74 Å². The van der Waals surface area contributed by atoms with Crippen molar-refractivity contribution in [2.45, 2.75) is 70.3 Å². The molecule has 5 rings (SSSR count). The third-order valence-corrected chi connectivity index (χ3v) is 8.64. The summed E-state index contributed by atoms with van der Waals surface area (Å²) < 4.78 is 79.0. The standard InChI is InChI=1S/C37H34F5NO/c1-2-3-4-5-24-6-8-25(9-7-24)28-15-19-33(36(40)21-28)37(41,42)44-31-16-12-26(13-17-31)27-14-18-32(35(39)20-27)29-10-11-30(23-43)34(38)22-29/h10-22,24-25H,2-9H2,1H3. The highest BCUT2D eigenvalue weighted by Crippen LogP contribution is 2.40. The lowest BCUT2D eigenvalue weighted by molar-refractivity contribution is -0.187. The normalized spacial score (nSPS) is 16.8. The van der Waals surface area contributed by atoms with Crippen LogP contribution in [-0.4, -0.2) is 0 Å². The summed E-state index contributed by atoms with van der Waals surface area (Å²) >= 11 is 0. The van der Waals surface area contributed by atoms with Crippen molar-refractivity contribution in [3.8, 4) is 34.1 Å². The largest absolute Gasteiger partial charge is 0.429 e. The molecule has 0 aromatic heterocycles. The lowest BCUT2D eigenvalue weighted by Crippen LogP contribution is -2.23. The highest BCUT2D eigenvalue weighted by atomic mass is 19.3. The van der Waals surface area contributed by atoms with Crippen LogP contribution in [0.4, 0.5) is 22.0 Å².